The van der Waals surface area contributed by atoms with Crippen LogP contribution < -0.4 is 0 Å². The summed E-state index contributed by atoms with van der Waals surface area (Å²) >= 11 is 0. The highest BCUT2D eigenvalue weighted by molar-refractivity contribution is 7.61. The second kappa shape index (κ2) is 8.99. The summed E-state index contributed by atoms with van der Waals surface area (Å²) in [5, 5.41) is 0. The molecule has 0 bridgehead atoms. The van der Waals surface area contributed by atoms with E-state index in [1.165, 1.54) is 6.08 Å². The van der Waals surface area contributed by atoms with Gasteiger partial charge in [0.25, 0.3) is 0 Å². The topological polar surface area (TPSA) is 91.3 Å². The lowest BCUT2D eigenvalue weighted by Crippen LogP contribution is -2.02. The first kappa shape index (κ1) is 18.0. The summed E-state index contributed by atoms with van der Waals surface area (Å²) in [6.07, 6.45) is 2.39. The van der Waals surface area contributed by atoms with Crippen molar-refractivity contribution in [1.82, 2.24) is 0 Å². The van der Waals surface area contributed by atoms with Crippen molar-refractivity contribution in [3.8, 4) is 0 Å². The van der Waals surface area contributed by atoms with E-state index in [2.05, 4.69) is 15.4 Å². The standard InChI is InChI=1S/C9H20O7P2/c1-4-7-13-17(10,11)16-18(12,14-8-5-2)15-9-6-3/h5H,2,4,6-9H2,1,3H3,(H,10,11). The van der Waals surface area contributed by atoms with Crippen LogP contribution in [0.25, 0.3) is 0 Å². The smallest absolute Gasteiger partial charge is 0.302 e. The van der Waals surface area contributed by atoms with Crippen LogP contribution in [0.15, 0.2) is 12.7 Å². The lowest BCUT2D eigenvalue weighted by molar-refractivity contribution is 0.134. The Labute approximate surface area is 107 Å². The number of phosphoric ester groups is 2. The van der Waals surface area contributed by atoms with E-state index in [0.717, 1.165) is 0 Å². The minimum absolute atomic E-state index is 0.00299. The Morgan fingerprint density at radius 2 is 1.67 bits per heavy atom. The van der Waals surface area contributed by atoms with Crippen LogP contribution in [0, 0.1) is 0 Å². The van der Waals surface area contributed by atoms with Gasteiger partial charge in [0.05, 0.1) is 19.8 Å². The highest BCUT2D eigenvalue weighted by Crippen LogP contribution is 2.63. The summed E-state index contributed by atoms with van der Waals surface area (Å²) < 4.78 is 42.1. The monoisotopic (exact) mass is 302 g/mol. The van der Waals surface area contributed by atoms with Crippen LogP contribution in [0.4, 0.5) is 0 Å². The molecular weight excluding hydrogens is 282 g/mol. The molecule has 0 rings (SSSR count). The van der Waals surface area contributed by atoms with Crippen molar-refractivity contribution >= 4 is 15.6 Å². The molecule has 9 heteroatoms. The molecule has 0 spiro atoms. The van der Waals surface area contributed by atoms with E-state index in [1.807, 2.05) is 0 Å². The van der Waals surface area contributed by atoms with Crippen LogP contribution in [0.1, 0.15) is 26.7 Å². The van der Waals surface area contributed by atoms with Crippen LogP contribution >= 0.6 is 15.6 Å². The number of hydrogen-bond acceptors (Lipinski definition) is 6. The summed E-state index contributed by atoms with van der Waals surface area (Å²) in [6, 6.07) is 0. The summed E-state index contributed by atoms with van der Waals surface area (Å²) in [4.78, 5) is 9.33. The highest BCUT2D eigenvalue weighted by Gasteiger charge is 2.37. The predicted octanol–water partition coefficient (Wildman–Crippen LogP) is 3.27. The first-order chi connectivity index (χ1) is 8.39. The van der Waals surface area contributed by atoms with Crippen molar-refractivity contribution in [2.75, 3.05) is 19.8 Å². The molecule has 1 N–H and O–H groups in total. The van der Waals surface area contributed by atoms with Crippen LogP contribution in [0.2, 0.25) is 0 Å². The second-order valence-corrected chi connectivity index (χ2v) is 6.51. The fourth-order valence-electron chi connectivity index (χ4n) is 0.788. The zero-order chi connectivity index (χ0) is 14.1. The lowest BCUT2D eigenvalue weighted by atomic mass is 10.5. The summed E-state index contributed by atoms with van der Waals surface area (Å²) in [5.41, 5.74) is 0. The number of rotatable bonds is 11. The molecule has 0 aromatic rings. The Hall–Kier alpha value is -0.0000000000000000416. The van der Waals surface area contributed by atoms with Crippen molar-refractivity contribution < 1.29 is 31.9 Å². The third-order valence-corrected chi connectivity index (χ3v) is 4.56. The SMILES string of the molecule is C=CCOP(=O)(OCCC)OP(=O)(O)OCCC. The fourth-order valence-corrected chi connectivity index (χ4v) is 3.55. The van der Waals surface area contributed by atoms with E-state index in [1.54, 1.807) is 13.8 Å². The number of phosphoric acid groups is 2. The van der Waals surface area contributed by atoms with E-state index in [-0.39, 0.29) is 19.8 Å². The molecule has 0 aliphatic carbocycles. The maximum absolute atomic E-state index is 12.0. The Bertz CT molecular complexity index is 331. The van der Waals surface area contributed by atoms with Gasteiger partial charge in [-0.05, 0) is 12.8 Å². The summed E-state index contributed by atoms with van der Waals surface area (Å²) in [7, 11) is -8.58. The predicted molar refractivity (Wildman–Crippen MR) is 67.2 cm³/mol. The summed E-state index contributed by atoms with van der Waals surface area (Å²) in [5.74, 6) is 0. The van der Waals surface area contributed by atoms with Crippen molar-refractivity contribution in [3.63, 3.8) is 0 Å². The molecule has 0 heterocycles. The van der Waals surface area contributed by atoms with Gasteiger partial charge in [-0.2, -0.15) is 4.31 Å². The molecule has 2 atom stereocenters. The quantitative estimate of drug-likeness (QED) is 0.462. The van der Waals surface area contributed by atoms with Crippen LogP contribution in [-0.2, 0) is 27.0 Å². The van der Waals surface area contributed by atoms with E-state index >= 15 is 0 Å². The molecular formula is C9H20O7P2. The largest absolute Gasteiger partial charge is 0.484 e. The van der Waals surface area contributed by atoms with Gasteiger partial charge in [-0.3, -0.25) is 13.6 Å². The minimum atomic E-state index is -4.46. The van der Waals surface area contributed by atoms with Crippen LogP contribution in [0.3, 0.4) is 0 Å². The molecule has 0 aliphatic heterocycles. The Kier molecular flexibility index (Phi) is 8.99. The second-order valence-electron chi connectivity index (χ2n) is 3.25. The molecule has 0 saturated heterocycles. The van der Waals surface area contributed by atoms with E-state index < -0.39 is 15.6 Å². The summed E-state index contributed by atoms with van der Waals surface area (Å²) in [6.45, 7) is 6.85. The molecule has 0 aromatic heterocycles. The fraction of sp³-hybridized carbons (Fsp3) is 0.778. The van der Waals surface area contributed by atoms with E-state index in [4.69, 9.17) is 9.05 Å². The van der Waals surface area contributed by atoms with Gasteiger partial charge in [0.2, 0.25) is 0 Å². The lowest BCUT2D eigenvalue weighted by Gasteiger charge is -2.19. The molecule has 2 unspecified atom stereocenters. The molecule has 0 amide bonds. The van der Waals surface area contributed by atoms with Gasteiger partial charge in [0.1, 0.15) is 0 Å². The van der Waals surface area contributed by atoms with Crippen molar-refractivity contribution in [2.24, 2.45) is 0 Å². The molecule has 0 radical (unpaired) electrons. The minimum Gasteiger partial charge on any atom is -0.302 e. The number of hydrogen-bond donors (Lipinski definition) is 1. The maximum Gasteiger partial charge on any atom is 0.484 e. The molecule has 0 aliphatic rings. The van der Waals surface area contributed by atoms with Gasteiger partial charge in [-0.15, -0.1) is 6.58 Å². The zero-order valence-electron chi connectivity index (χ0n) is 10.6. The normalized spacial score (nSPS) is 17.9. The van der Waals surface area contributed by atoms with Gasteiger partial charge in [-0.25, -0.2) is 9.13 Å². The van der Waals surface area contributed by atoms with Gasteiger partial charge in [0, 0.05) is 0 Å². The average molecular weight is 302 g/mol. The molecule has 108 valence electrons. The first-order valence-corrected chi connectivity index (χ1v) is 8.53. The van der Waals surface area contributed by atoms with Crippen molar-refractivity contribution in [3.05, 3.63) is 12.7 Å². The molecule has 0 saturated carbocycles. The zero-order valence-corrected chi connectivity index (χ0v) is 12.4. The average Bonchev–Trinajstić information content (AvgIpc) is 2.31. The van der Waals surface area contributed by atoms with Gasteiger partial charge in [0.15, 0.2) is 0 Å². The first-order valence-electron chi connectivity index (χ1n) is 5.57. The van der Waals surface area contributed by atoms with E-state index in [0.29, 0.717) is 12.8 Å². The third-order valence-electron chi connectivity index (χ3n) is 1.47. The molecule has 0 aromatic carbocycles. The van der Waals surface area contributed by atoms with E-state index in [9.17, 15) is 14.0 Å². The van der Waals surface area contributed by atoms with Crippen LogP contribution in [0.5, 0.6) is 0 Å². The molecule has 7 nitrogen and oxygen atoms in total. The van der Waals surface area contributed by atoms with Crippen LogP contribution in [-0.4, -0.2) is 24.7 Å². The Balaban J connectivity index is 4.60. The molecule has 18 heavy (non-hydrogen) atoms. The van der Waals surface area contributed by atoms with Gasteiger partial charge in [-0.1, -0.05) is 19.9 Å². The van der Waals surface area contributed by atoms with Crippen molar-refractivity contribution in [2.45, 2.75) is 26.7 Å². The highest BCUT2D eigenvalue weighted by atomic mass is 31.3. The Morgan fingerprint density at radius 1 is 1.11 bits per heavy atom. The third kappa shape index (κ3) is 8.16. The van der Waals surface area contributed by atoms with Crippen molar-refractivity contribution in [1.29, 1.82) is 0 Å². The Morgan fingerprint density at radius 3 is 2.17 bits per heavy atom. The molecule has 0 fully saturated rings. The van der Waals surface area contributed by atoms with Gasteiger partial charge < -0.3 is 4.89 Å². The van der Waals surface area contributed by atoms with Gasteiger partial charge >= 0.3 is 15.6 Å². The maximum atomic E-state index is 12.0.